The fourth-order valence-electron chi connectivity index (χ4n) is 3.14. The lowest BCUT2D eigenvalue weighted by Gasteiger charge is -2.13. The van der Waals surface area contributed by atoms with Crippen LogP contribution in [-0.2, 0) is 11.3 Å². The van der Waals surface area contributed by atoms with Crippen molar-refractivity contribution in [2.24, 2.45) is 0 Å². The van der Waals surface area contributed by atoms with Crippen LogP contribution < -0.4 is 15.4 Å². The lowest BCUT2D eigenvalue weighted by Crippen LogP contribution is -2.36. The lowest BCUT2D eigenvalue weighted by atomic mass is 10.0. The van der Waals surface area contributed by atoms with Gasteiger partial charge in [0.1, 0.15) is 11.6 Å². The number of nitrogens with zero attached hydrogens (tertiary/aromatic N) is 2. The number of hydrogen-bond donors (Lipinski definition) is 2. The normalized spacial score (nSPS) is 10.7. The fourth-order valence-corrected chi connectivity index (χ4v) is 3.14. The summed E-state index contributed by atoms with van der Waals surface area (Å²) in [5.41, 5.74) is 2.63. The Hall–Kier alpha value is -3.68. The van der Waals surface area contributed by atoms with Crippen LogP contribution in [0.25, 0.3) is 5.69 Å². The molecule has 3 aromatic rings. The van der Waals surface area contributed by atoms with Crippen LogP contribution in [-0.4, -0.2) is 35.2 Å². The summed E-state index contributed by atoms with van der Waals surface area (Å²) < 4.78 is 20.0. The molecule has 162 valence electrons. The largest absolute Gasteiger partial charge is 0.497 e. The van der Waals surface area contributed by atoms with Gasteiger partial charge in [-0.2, -0.15) is 5.10 Å². The van der Waals surface area contributed by atoms with E-state index >= 15 is 0 Å². The van der Waals surface area contributed by atoms with Gasteiger partial charge in [-0.1, -0.05) is 26.0 Å². The van der Waals surface area contributed by atoms with Gasteiger partial charge in [0.15, 0.2) is 0 Å². The van der Waals surface area contributed by atoms with Gasteiger partial charge in [-0.3, -0.25) is 9.59 Å². The molecule has 0 aliphatic heterocycles. The third kappa shape index (κ3) is 5.48. The third-order valence-electron chi connectivity index (χ3n) is 4.73. The molecule has 7 nitrogen and oxygen atoms in total. The van der Waals surface area contributed by atoms with E-state index in [4.69, 9.17) is 4.74 Å². The molecule has 1 aromatic heterocycles. The van der Waals surface area contributed by atoms with Gasteiger partial charge in [0.2, 0.25) is 5.91 Å². The molecule has 0 fully saturated rings. The van der Waals surface area contributed by atoms with Crippen molar-refractivity contribution in [3.8, 4) is 11.4 Å². The average molecular weight is 424 g/mol. The van der Waals surface area contributed by atoms with E-state index in [1.165, 1.54) is 18.3 Å². The molecule has 1 heterocycles. The number of ether oxygens (including phenoxy) is 1. The summed E-state index contributed by atoms with van der Waals surface area (Å²) in [7, 11) is 1.59. The van der Waals surface area contributed by atoms with Gasteiger partial charge in [-0.15, -0.1) is 0 Å². The molecule has 2 amide bonds. The van der Waals surface area contributed by atoms with Crippen molar-refractivity contribution in [3.05, 3.63) is 77.4 Å². The molecular formula is C23H25FN4O3. The van der Waals surface area contributed by atoms with Gasteiger partial charge in [-0.05, 0) is 47.9 Å². The van der Waals surface area contributed by atoms with Crippen LogP contribution in [0.1, 0.15) is 41.4 Å². The maximum atomic E-state index is 13.2. The summed E-state index contributed by atoms with van der Waals surface area (Å²) in [4.78, 5) is 24.8. The first-order valence-corrected chi connectivity index (χ1v) is 9.90. The quantitative estimate of drug-likeness (QED) is 0.582. The molecule has 0 aliphatic carbocycles. The smallest absolute Gasteiger partial charge is 0.255 e. The van der Waals surface area contributed by atoms with Gasteiger partial charge in [-0.25, -0.2) is 9.07 Å². The molecule has 0 aliphatic rings. The fraction of sp³-hybridized carbons (Fsp3) is 0.261. The van der Waals surface area contributed by atoms with Crippen LogP contribution in [0.15, 0.2) is 54.7 Å². The van der Waals surface area contributed by atoms with E-state index in [0.717, 1.165) is 11.3 Å². The Morgan fingerprint density at radius 3 is 2.35 bits per heavy atom. The van der Waals surface area contributed by atoms with E-state index in [1.807, 2.05) is 38.1 Å². The van der Waals surface area contributed by atoms with Crippen molar-refractivity contribution in [2.45, 2.75) is 26.3 Å². The van der Waals surface area contributed by atoms with Crippen LogP contribution in [0.5, 0.6) is 5.75 Å². The van der Waals surface area contributed by atoms with Crippen molar-refractivity contribution >= 4 is 11.8 Å². The van der Waals surface area contributed by atoms with Gasteiger partial charge < -0.3 is 15.4 Å². The molecule has 0 radical (unpaired) electrons. The number of hydrogen-bond acceptors (Lipinski definition) is 4. The molecular weight excluding hydrogens is 399 g/mol. The first kappa shape index (κ1) is 22.0. The van der Waals surface area contributed by atoms with Crippen molar-refractivity contribution in [1.82, 2.24) is 20.4 Å². The van der Waals surface area contributed by atoms with Crippen LogP contribution >= 0.6 is 0 Å². The second kappa shape index (κ2) is 9.88. The van der Waals surface area contributed by atoms with Crippen LogP contribution in [0.2, 0.25) is 0 Å². The zero-order valence-electron chi connectivity index (χ0n) is 17.7. The number of amides is 2. The van der Waals surface area contributed by atoms with Gasteiger partial charge >= 0.3 is 0 Å². The standard InChI is InChI=1S/C23H25FN4O3/c1-15(2)22-20(13-27-28(22)18-8-6-17(24)7-9-18)23(30)26-14-21(29)25-12-16-4-10-19(31-3)11-5-16/h4-11,13,15H,12,14H2,1-3H3,(H,25,29)(H,26,30). The zero-order chi connectivity index (χ0) is 22.4. The zero-order valence-corrected chi connectivity index (χ0v) is 17.7. The predicted octanol–water partition coefficient (Wildman–Crippen LogP) is 3.19. The Kier molecular flexibility index (Phi) is 7.02. The van der Waals surface area contributed by atoms with Crippen LogP contribution in [0.4, 0.5) is 4.39 Å². The number of rotatable bonds is 8. The van der Waals surface area contributed by atoms with E-state index in [0.29, 0.717) is 23.5 Å². The highest BCUT2D eigenvalue weighted by Gasteiger charge is 2.21. The van der Waals surface area contributed by atoms with Gasteiger partial charge in [0.25, 0.3) is 5.91 Å². The van der Waals surface area contributed by atoms with E-state index in [-0.39, 0.29) is 24.2 Å². The third-order valence-corrected chi connectivity index (χ3v) is 4.73. The van der Waals surface area contributed by atoms with E-state index in [2.05, 4.69) is 15.7 Å². The summed E-state index contributed by atoms with van der Waals surface area (Å²) in [6.45, 7) is 4.07. The highest BCUT2D eigenvalue weighted by atomic mass is 19.1. The Bertz CT molecular complexity index is 1040. The summed E-state index contributed by atoms with van der Waals surface area (Å²) in [6, 6.07) is 13.2. The van der Waals surface area contributed by atoms with E-state index in [9.17, 15) is 14.0 Å². The number of halogens is 1. The molecule has 0 atom stereocenters. The molecule has 3 rings (SSSR count). The average Bonchev–Trinajstić information content (AvgIpc) is 3.22. The van der Waals surface area contributed by atoms with Crippen molar-refractivity contribution in [3.63, 3.8) is 0 Å². The summed E-state index contributed by atoms with van der Waals surface area (Å²) in [5.74, 6) is -0.319. The van der Waals surface area contributed by atoms with E-state index in [1.54, 1.807) is 23.9 Å². The molecule has 0 saturated carbocycles. The summed E-state index contributed by atoms with van der Waals surface area (Å²) in [6.07, 6.45) is 1.46. The van der Waals surface area contributed by atoms with Crippen molar-refractivity contribution in [2.75, 3.05) is 13.7 Å². The first-order chi connectivity index (χ1) is 14.9. The number of carbonyl (C=O) groups excluding carboxylic acids is 2. The molecule has 0 unspecified atom stereocenters. The maximum absolute atomic E-state index is 13.2. The summed E-state index contributed by atoms with van der Waals surface area (Å²) >= 11 is 0. The minimum absolute atomic E-state index is 0.0165. The first-order valence-electron chi connectivity index (χ1n) is 9.90. The molecule has 0 saturated heterocycles. The van der Waals surface area contributed by atoms with Crippen LogP contribution in [0, 0.1) is 5.82 Å². The Morgan fingerprint density at radius 1 is 1.06 bits per heavy atom. The number of aromatic nitrogens is 2. The second-order valence-electron chi connectivity index (χ2n) is 7.29. The second-order valence-corrected chi connectivity index (χ2v) is 7.29. The number of nitrogens with one attached hydrogen (secondary N) is 2. The highest BCUT2D eigenvalue weighted by Crippen LogP contribution is 2.23. The highest BCUT2D eigenvalue weighted by molar-refractivity contribution is 5.97. The Balaban J connectivity index is 1.62. The molecule has 0 bridgehead atoms. The van der Waals surface area contributed by atoms with Gasteiger partial charge in [0.05, 0.1) is 36.8 Å². The molecule has 8 heteroatoms. The topological polar surface area (TPSA) is 85.2 Å². The monoisotopic (exact) mass is 424 g/mol. The minimum Gasteiger partial charge on any atom is -0.497 e. The number of carbonyl (C=O) groups is 2. The minimum atomic E-state index is -0.392. The van der Waals surface area contributed by atoms with Crippen molar-refractivity contribution in [1.29, 1.82) is 0 Å². The predicted molar refractivity (Wildman–Crippen MR) is 115 cm³/mol. The SMILES string of the molecule is COc1ccc(CNC(=O)CNC(=O)c2cnn(-c3ccc(F)cc3)c2C(C)C)cc1. The number of benzene rings is 2. The molecule has 2 N–H and O–H groups in total. The van der Waals surface area contributed by atoms with Gasteiger partial charge in [0, 0.05) is 6.54 Å². The van der Waals surface area contributed by atoms with Crippen molar-refractivity contribution < 1.29 is 18.7 Å². The lowest BCUT2D eigenvalue weighted by molar-refractivity contribution is -0.120. The Morgan fingerprint density at radius 2 is 1.74 bits per heavy atom. The molecule has 0 spiro atoms. The summed E-state index contributed by atoms with van der Waals surface area (Å²) in [5, 5.41) is 9.70. The maximum Gasteiger partial charge on any atom is 0.255 e. The molecule has 2 aromatic carbocycles. The number of methoxy groups -OCH3 is 1. The molecule has 31 heavy (non-hydrogen) atoms. The Labute approximate surface area is 180 Å². The van der Waals surface area contributed by atoms with Crippen LogP contribution in [0.3, 0.4) is 0 Å². The van der Waals surface area contributed by atoms with E-state index < -0.39 is 5.91 Å².